The third-order valence-corrected chi connectivity index (χ3v) is 7.32. The Labute approximate surface area is 209 Å². The molecule has 0 aliphatic carbocycles. The number of carbonyl (C=O) groups excluding carboxylic acids is 1. The van der Waals surface area contributed by atoms with E-state index in [1.165, 1.54) is 5.56 Å². The highest BCUT2D eigenvalue weighted by Crippen LogP contribution is 2.18. The lowest BCUT2D eigenvalue weighted by Crippen LogP contribution is -2.33. The fourth-order valence-electron chi connectivity index (χ4n) is 4.07. The van der Waals surface area contributed by atoms with Crippen molar-refractivity contribution in [1.82, 2.24) is 19.8 Å². The van der Waals surface area contributed by atoms with Gasteiger partial charge < -0.3 is 10.2 Å². The quantitative estimate of drug-likeness (QED) is 0.242. The molecule has 0 saturated heterocycles. The predicted octanol–water partition coefficient (Wildman–Crippen LogP) is 4.49. The molecule has 1 amide bonds. The summed E-state index contributed by atoms with van der Waals surface area (Å²) in [6, 6.07) is 8.43. The van der Waals surface area contributed by atoms with Crippen molar-refractivity contribution in [3.8, 4) is 0 Å². The molecule has 7 heteroatoms. The maximum atomic E-state index is 13.0. The zero-order valence-corrected chi connectivity index (χ0v) is 22.6. The van der Waals surface area contributed by atoms with Crippen molar-refractivity contribution in [1.29, 1.82) is 0 Å². The predicted molar refractivity (Wildman–Crippen MR) is 143 cm³/mol. The molecule has 1 aromatic carbocycles. The van der Waals surface area contributed by atoms with E-state index in [0.717, 1.165) is 61.5 Å². The van der Waals surface area contributed by atoms with Gasteiger partial charge in [-0.2, -0.15) is 0 Å². The number of hydrogen-bond donors (Lipinski definition) is 1. The summed E-state index contributed by atoms with van der Waals surface area (Å²) in [4.78, 5) is 32.4. The smallest absolute Gasteiger partial charge is 0.257 e. The van der Waals surface area contributed by atoms with Crippen molar-refractivity contribution in [2.75, 3.05) is 25.4 Å². The molecule has 0 saturated carbocycles. The Bertz CT molecular complexity index is 985. The van der Waals surface area contributed by atoms with Gasteiger partial charge in [0.15, 0.2) is 5.16 Å². The minimum absolute atomic E-state index is 0.00721. The zero-order valence-electron chi connectivity index (χ0n) is 21.8. The first-order valence-corrected chi connectivity index (χ1v) is 13.5. The number of aromatic nitrogens is 2. The standard InChI is InChI=1S/C27H42N4O2S/c1-7-31(8-2)16-10-13-21(4)28-25(32)15-11-17-34-27-29-22(5)24(26(33)30(27)6)19-23-14-9-12-20(3)18-23/h9,12,14,18,21H,7-8,10-11,13,15-17,19H2,1-6H3,(H,28,32). The topological polar surface area (TPSA) is 67.2 Å². The summed E-state index contributed by atoms with van der Waals surface area (Å²) < 4.78 is 1.64. The Morgan fingerprint density at radius 1 is 1.21 bits per heavy atom. The summed E-state index contributed by atoms with van der Waals surface area (Å²) in [5.41, 5.74) is 3.84. The summed E-state index contributed by atoms with van der Waals surface area (Å²) in [7, 11) is 1.78. The number of carbonyl (C=O) groups is 1. The van der Waals surface area contributed by atoms with E-state index >= 15 is 0 Å². The SMILES string of the molecule is CCN(CC)CCCC(C)NC(=O)CCCSc1nc(C)c(Cc2cccc(C)c2)c(=O)n1C. The van der Waals surface area contributed by atoms with Crippen molar-refractivity contribution in [2.24, 2.45) is 7.05 Å². The van der Waals surface area contributed by atoms with Crippen LogP contribution in [0.3, 0.4) is 0 Å². The van der Waals surface area contributed by atoms with Gasteiger partial charge >= 0.3 is 0 Å². The molecule has 188 valence electrons. The molecule has 0 aliphatic rings. The molecule has 0 aliphatic heterocycles. The first-order chi connectivity index (χ1) is 16.2. The largest absolute Gasteiger partial charge is 0.354 e. The van der Waals surface area contributed by atoms with Crippen LogP contribution in [-0.4, -0.2) is 51.8 Å². The van der Waals surface area contributed by atoms with Crippen molar-refractivity contribution in [3.05, 3.63) is 57.0 Å². The molecule has 0 bridgehead atoms. The summed E-state index contributed by atoms with van der Waals surface area (Å²) in [5.74, 6) is 0.850. The molecule has 1 unspecified atom stereocenters. The lowest BCUT2D eigenvalue weighted by Gasteiger charge is -2.19. The van der Waals surface area contributed by atoms with Crippen LogP contribution in [0.5, 0.6) is 0 Å². The minimum atomic E-state index is 0.00721. The third-order valence-electron chi connectivity index (χ3n) is 6.21. The van der Waals surface area contributed by atoms with Gasteiger partial charge in [0.05, 0.1) is 0 Å². The molecule has 1 heterocycles. The number of benzene rings is 1. The monoisotopic (exact) mass is 486 g/mol. The molecule has 0 radical (unpaired) electrons. The van der Waals surface area contributed by atoms with E-state index in [1.807, 2.05) is 19.1 Å². The lowest BCUT2D eigenvalue weighted by atomic mass is 10.0. The van der Waals surface area contributed by atoms with Crippen molar-refractivity contribution < 1.29 is 4.79 Å². The van der Waals surface area contributed by atoms with Crippen molar-refractivity contribution in [2.45, 2.75) is 77.9 Å². The van der Waals surface area contributed by atoms with Gasteiger partial charge in [-0.3, -0.25) is 14.2 Å². The van der Waals surface area contributed by atoms with E-state index in [2.05, 4.69) is 50.0 Å². The summed E-state index contributed by atoms with van der Waals surface area (Å²) in [6.45, 7) is 13.6. The van der Waals surface area contributed by atoms with Crippen LogP contribution in [-0.2, 0) is 18.3 Å². The molecule has 1 atom stereocenters. The molecule has 1 aromatic heterocycles. The van der Waals surface area contributed by atoms with Crippen LogP contribution in [0.15, 0.2) is 34.2 Å². The van der Waals surface area contributed by atoms with Crippen LogP contribution in [0, 0.1) is 13.8 Å². The highest BCUT2D eigenvalue weighted by Gasteiger charge is 2.14. The van der Waals surface area contributed by atoms with E-state index in [9.17, 15) is 9.59 Å². The Morgan fingerprint density at radius 3 is 2.62 bits per heavy atom. The number of aryl methyl sites for hydroxylation is 2. The fraction of sp³-hybridized carbons (Fsp3) is 0.593. The van der Waals surface area contributed by atoms with Crippen LogP contribution in [0.4, 0.5) is 0 Å². The van der Waals surface area contributed by atoms with Crippen LogP contribution in [0.2, 0.25) is 0 Å². The van der Waals surface area contributed by atoms with Gasteiger partial charge in [0, 0.05) is 42.9 Å². The normalized spacial score (nSPS) is 12.2. The fourth-order valence-corrected chi connectivity index (χ4v) is 5.01. The van der Waals surface area contributed by atoms with Gasteiger partial charge in [-0.05, 0) is 65.2 Å². The molecule has 34 heavy (non-hydrogen) atoms. The van der Waals surface area contributed by atoms with Crippen molar-refractivity contribution in [3.63, 3.8) is 0 Å². The Kier molecular flexibility index (Phi) is 11.8. The lowest BCUT2D eigenvalue weighted by molar-refractivity contribution is -0.121. The first kappa shape index (κ1) is 28.1. The van der Waals surface area contributed by atoms with Crippen molar-refractivity contribution >= 4 is 17.7 Å². The number of nitrogens with one attached hydrogen (secondary N) is 1. The van der Waals surface area contributed by atoms with E-state index in [-0.39, 0.29) is 17.5 Å². The number of hydrogen-bond acceptors (Lipinski definition) is 5. The second-order valence-corrected chi connectivity index (χ2v) is 10.1. The second kappa shape index (κ2) is 14.3. The average molecular weight is 487 g/mol. The van der Waals surface area contributed by atoms with Gasteiger partial charge in [0.1, 0.15) is 0 Å². The number of thioether (sulfide) groups is 1. The summed E-state index contributed by atoms with van der Waals surface area (Å²) >= 11 is 1.54. The number of amides is 1. The Morgan fingerprint density at radius 2 is 1.94 bits per heavy atom. The molecular weight excluding hydrogens is 444 g/mol. The second-order valence-electron chi connectivity index (χ2n) is 9.08. The number of nitrogens with zero attached hydrogens (tertiary/aromatic N) is 3. The van der Waals surface area contributed by atoms with Crippen LogP contribution in [0.25, 0.3) is 0 Å². The minimum Gasteiger partial charge on any atom is -0.354 e. The molecular formula is C27H42N4O2S. The zero-order chi connectivity index (χ0) is 25.1. The maximum absolute atomic E-state index is 13.0. The maximum Gasteiger partial charge on any atom is 0.257 e. The highest BCUT2D eigenvalue weighted by atomic mass is 32.2. The van der Waals surface area contributed by atoms with Gasteiger partial charge in [-0.15, -0.1) is 0 Å². The summed E-state index contributed by atoms with van der Waals surface area (Å²) in [5, 5.41) is 3.82. The van der Waals surface area contributed by atoms with Gasteiger partial charge in [0.2, 0.25) is 5.91 Å². The van der Waals surface area contributed by atoms with Gasteiger partial charge in [-0.1, -0.05) is 55.4 Å². The Hall–Kier alpha value is -2.12. The molecule has 0 spiro atoms. The highest BCUT2D eigenvalue weighted by molar-refractivity contribution is 7.99. The van der Waals surface area contributed by atoms with Gasteiger partial charge in [0.25, 0.3) is 5.56 Å². The first-order valence-electron chi connectivity index (χ1n) is 12.5. The van der Waals surface area contributed by atoms with E-state index in [4.69, 9.17) is 4.98 Å². The molecule has 2 rings (SSSR count). The van der Waals surface area contributed by atoms with Crippen LogP contribution < -0.4 is 10.9 Å². The van der Waals surface area contributed by atoms with Crippen LogP contribution in [0.1, 0.15) is 68.8 Å². The molecule has 2 aromatic rings. The van der Waals surface area contributed by atoms with E-state index in [0.29, 0.717) is 18.0 Å². The summed E-state index contributed by atoms with van der Waals surface area (Å²) in [6.07, 6.45) is 3.93. The van der Waals surface area contributed by atoms with Gasteiger partial charge in [-0.25, -0.2) is 4.98 Å². The van der Waals surface area contributed by atoms with Crippen LogP contribution >= 0.6 is 11.8 Å². The van der Waals surface area contributed by atoms with E-state index in [1.54, 1.807) is 23.4 Å². The Balaban J connectivity index is 1.80. The average Bonchev–Trinajstić information content (AvgIpc) is 2.80. The third kappa shape index (κ3) is 8.91. The molecule has 1 N–H and O–H groups in total. The van der Waals surface area contributed by atoms with E-state index < -0.39 is 0 Å². The molecule has 6 nitrogen and oxygen atoms in total. The molecule has 0 fully saturated rings. The number of rotatable bonds is 14.